The minimum absolute atomic E-state index is 0.331. The first kappa shape index (κ1) is 21.4. The first-order valence-electron chi connectivity index (χ1n) is 9.80. The maximum atomic E-state index is 13.1. The summed E-state index contributed by atoms with van der Waals surface area (Å²) in [4.78, 5) is 25.1. The van der Waals surface area contributed by atoms with Gasteiger partial charge in [0, 0.05) is 24.3 Å². The van der Waals surface area contributed by atoms with Gasteiger partial charge in [-0.3, -0.25) is 14.3 Å². The third-order valence-corrected chi connectivity index (χ3v) is 5.21. The molecule has 0 aliphatic carbocycles. The van der Waals surface area contributed by atoms with E-state index in [2.05, 4.69) is 10.4 Å². The van der Waals surface area contributed by atoms with Crippen molar-refractivity contribution in [2.45, 2.75) is 25.7 Å². The van der Waals surface area contributed by atoms with Crippen molar-refractivity contribution in [1.82, 2.24) is 19.7 Å². The molecule has 2 N–H and O–H groups in total. The Kier molecular flexibility index (Phi) is 5.37. The van der Waals surface area contributed by atoms with Crippen LogP contribution in [0.1, 0.15) is 6.92 Å². The van der Waals surface area contributed by atoms with Crippen molar-refractivity contribution in [2.24, 2.45) is 7.05 Å². The lowest BCUT2D eigenvalue weighted by Gasteiger charge is -2.17. The average molecular weight is 443 g/mol. The van der Waals surface area contributed by atoms with Crippen LogP contribution in [-0.4, -0.2) is 32.5 Å². The third kappa shape index (κ3) is 4.16. The van der Waals surface area contributed by atoms with E-state index in [1.54, 1.807) is 35.1 Å². The fourth-order valence-corrected chi connectivity index (χ4v) is 3.48. The van der Waals surface area contributed by atoms with Crippen LogP contribution in [0.2, 0.25) is 0 Å². The molecule has 2 aromatic carbocycles. The number of halogens is 3. The summed E-state index contributed by atoms with van der Waals surface area (Å²) in [6, 6.07) is 10.6. The Morgan fingerprint density at radius 2 is 1.94 bits per heavy atom. The van der Waals surface area contributed by atoms with Gasteiger partial charge in [-0.15, -0.1) is 0 Å². The number of aromatic nitrogens is 3. The van der Waals surface area contributed by atoms with Crippen molar-refractivity contribution < 1.29 is 18.0 Å². The first-order chi connectivity index (χ1) is 15.1. The molecule has 0 spiro atoms. The number of carbonyl (C=O) groups is 1. The summed E-state index contributed by atoms with van der Waals surface area (Å²) >= 11 is 0. The van der Waals surface area contributed by atoms with Crippen LogP contribution in [0.4, 0.5) is 24.5 Å². The van der Waals surface area contributed by atoms with Crippen molar-refractivity contribution in [3.63, 3.8) is 0 Å². The monoisotopic (exact) mass is 443 g/mol. The SMILES string of the molecule is CC(NC(=O)Cn1ccc2cccc(Nc3ccc4c(cnn4C)c3)c2c1=O)C(F)(F)F. The number of rotatable bonds is 5. The van der Waals surface area contributed by atoms with E-state index in [0.717, 1.165) is 28.1 Å². The Hall–Kier alpha value is -3.82. The molecule has 4 rings (SSSR count). The van der Waals surface area contributed by atoms with Crippen LogP contribution in [-0.2, 0) is 18.4 Å². The summed E-state index contributed by atoms with van der Waals surface area (Å²) in [6.07, 6.45) is -1.43. The number of amides is 1. The smallest absolute Gasteiger partial charge is 0.355 e. The predicted molar refractivity (Wildman–Crippen MR) is 116 cm³/mol. The van der Waals surface area contributed by atoms with Crippen LogP contribution in [0.25, 0.3) is 21.7 Å². The zero-order valence-electron chi connectivity index (χ0n) is 17.3. The molecular weight excluding hydrogens is 423 g/mol. The number of carbonyl (C=O) groups excluding carboxylic acids is 1. The topological polar surface area (TPSA) is 81.0 Å². The lowest BCUT2D eigenvalue weighted by atomic mass is 10.1. The molecule has 0 bridgehead atoms. The lowest BCUT2D eigenvalue weighted by Crippen LogP contribution is -2.45. The van der Waals surface area contributed by atoms with Crippen molar-refractivity contribution in [2.75, 3.05) is 5.32 Å². The van der Waals surface area contributed by atoms with Crippen molar-refractivity contribution in [1.29, 1.82) is 0 Å². The van der Waals surface area contributed by atoms with Crippen molar-refractivity contribution in [3.05, 3.63) is 65.2 Å². The largest absolute Gasteiger partial charge is 0.408 e. The van der Waals surface area contributed by atoms with E-state index in [-0.39, 0.29) is 0 Å². The molecule has 1 amide bonds. The number of anilines is 2. The molecule has 2 heterocycles. The van der Waals surface area contributed by atoms with Crippen molar-refractivity contribution in [3.8, 4) is 0 Å². The van der Waals surface area contributed by atoms with E-state index in [0.29, 0.717) is 16.5 Å². The molecule has 1 unspecified atom stereocenters. The molecule has 0 aliphatic heterocycles. The Labute approximate surface area is 180 Å². The standard InChI is InChI=1S/C22H20F3N5O2/c1-13(22(23,24)25)27-19(31)12-30-9-8-14-4-3-5-17(20(14)21(30)32)28-16-6-7-18-15(10-16)11-26-29(18)2/h3-11,13,28H,12H2,1-2H3,(H,27,31). The van der Waals surface area contributed by atoms with Crippen LogP contribution in [0.15, 0.2) is 59.7 Å². The summed E-state index contributed by atoms with van der Waals surface area (Å²) < 4.78 is 40.9. The van der Waals surface area contributed by atoms with E-state index in [4.69, 9.17) is 0 Å². The second-order valence-corrected chi connectivity index (χ2v) is 7.52. The molecule has 1 atom stereocenters. The number of benzene rings is 2. The van der Waals surface area contributed by atoms with E-state index in [9.17, 15) is 22.8 Å². The summed E-state index contributed by atoms with van der Waals surface area (Å²) in [7, 11) is 1.84. The lowest BCUT2D eigenvalue weighted by molar-refractivity contribution is -0.158. The molecule has 2 aromatic heterocycles. The second-order valence-electron chi connectivity index (χ2n) is 7.52. The fraction of sp³-hybridized carbons (Fsp3) is 0.227. The molecule has 0 radical (unpaired) electrons. The molecule has 0 saturated carbocycles. The second kappa shape index (κ2) is 8.03. The number of aryl methyl sites for hydroxylation is 1. The zero-order valence-corrected chi connectivity index (χ0v) is 17.3. The van der Waals surface area contributed by atoms with Crippen LogP contribution >= 0.6 is 0 Å². The Bertz CT molecular complexity index is 1370. The van der Waals surface area contributed by atoms with E-state index < -0.39 is 30.2 Å². The number of hydrogen-bond acceptors (Lipinski definition) is 4. The van der Waals surface area contributed by atoms with E-state index >= 15 is 0 Å². The highest BCUT2D eigenvalue weighted by Crippen LogP contribution is 2.26. The fourth-order valence-electron chi connectivity index (χ4n) is 3.48. The normalized spacial score (nSPS) is 12.8. The van der Waals surface area contributed by atoms with Gasteiger partial charge in [0.2, 0.25) is 5.91 Å². The van der Waals surface area contributed by atoms with Crippen LogP contribution in [0, 0.1) is 0 Å². The summed E-state index contributed by atoms with van der Waals surface area (Å²) in [5, 5.41) is 11.2. The van der Waals surface area contributed by atoms with Gasteiger partial charge in [0.15, 0.2) is 0 Å². The van der Waals surface area contributed by atoms with Crippen LogP contribution < -0.4 is 16.2 Å². The van der Waals surface area contributed by atoms with Gasteiger partial charge in [0.05, 0.1) is 22.8 Å². The third-order valence-electron chi connectivity index (χ3n) is 5.21. The quantitative estimate of drug-likeness (QED) is 0.493. The molecule has 0 aliphatic rings. The minimum atomic E-state index is -4.56. The Morgan fingerprint density at radius 3 is 2.69 bits per heavy atom. The highest BCUT2D eigenvalue weighted by Gasteiger charge is 2.36. The summed E-state index contributed by atoms with van der Waals surface area (Å²) in [5.41, 5.74) is 1.73. The molecule has 0 fully saturated rings. The van der Waals surface area contributed by atoms with Gasteiger partial charge < -0.3 is 15.2 Å². The highest BCUT2D eigenvalue weighted by molar-refractivity contribution is 5.95. The highest BCUT2D eigenvalue weighted by atomic mass is 19.4. The van der Waals surface area contributed by atoms with Gasteiger partial charge in [-0.05, 0) is 42.6 Å². The molecule has 4 aromatic rings. The van der Waals surface area contributed by atoms with E-state index in [1.807, 2.05) is 30.6 Å². The first-order valence-corrected chi connectivity index (χ1v) is 9.80. The van der Waals surface area contributed by atoms with Gasteiger partial charge in [-0.25, -0.2) is 0 Å². The number of fused-ring (bicyclic) bond motifs is 2. The number of nitrogens with zero attached hydrogens (tertiary/aromatic N) is 3. The van der Waals surface area contributed by atoms with Gasteiger partial charge in [-0.2, -0.15) is 18.3 Å². The predicted octanol–water partition coefficient (Wildman–Crippen LogP) is 3.70. The van der Waals surface area contributed by atoms with E-state index in [1.165, 1.54) is 6.20 Å². The Morgan fingerprint density at radius 1 is 1.16 bits per heavy atom. The Balaban J connectivity index is 1.65. The van der Waals surface area contributed by atoms with Gasteiger partial charge in [0.1, 0.15) is 12.6 Å². The van der Waals surface area contributed by atoms with Crippen LogP contribution in [0.5, 0.6) is 0 Å². The molecular formula is C22H20F3N5O2. The van der Waals surface area contributed by atoms with Gasteiger partial charge >= 0.3 is 6.18 Å². The van der Waals surface area contributed by atoms with Crippen molar-refractivity contribution >= 4 is 39.0 Å². The maximum absolute atomic E-state index is 13.1. The number of nitrogens with one attached hydrogen (secondary N) is 2. The zero-order chi connectivity index (χ0) is 23.0. The van der Waals surface area contributed by atoms with Gasteiger partial charge in [-0.1, -0.05) is 12.1 Å². The average Bonchev–Trinajstić information content (AvgIpc) is 3.09. The van der Waals surface area contributed by atoms with Crippen LogP contribution in [0.3, 0.4) is 0 Å². The molecule has 10 heteroatoms. The number of alkyl halides is 3. The summed E-state index contributed by atoms with van der Waals surface area (Å²) in [5.74, 6) is -0.899. The molecule has 7 nitrogen and oxygen atoms in total. The number of hydrogen-bond donors (Lipinski definition) is 2. The maximum Gasteiger partial charge on any atom is 0.408 e. The summed E-state index contributed by atoms with van der Waals surface area (Å²) in [6.45, 7) is 0.327. The molecule has 32 heavy (non-hydrogen) atoms. The minimum Gasteiger partial charge on any atom is -0.355 e. The van der Waals surface area contributed by atoms with Gasteiger partial charge in [0.25, 0.3) is 5.56 Å². The molecule has 0 saturated heterocycles. The number of pyridine rings is 1. The molecule has 166 valence electrons.